The minimum Gasteiger partial charge on any atom is -0.348 e. The Kier molecular flexibility index (Phi) is 5.17. The molecule has 0 spiro atoms. The first-order chi connectivity index (χ1) is 14.3. The number of pyridine rings is 1. The summed E-state index contributed by atoms with van der Waals surface area (Å²) in [6.45, 7) is 12.0. The van der Waals surface area contributed by atoms with Gasteiger partial charge >= 0.3 is 0 Å². The minimum atomic E-state index is 0.644. The van der Waals surface area contributed by atoms with Gasteiger partial charge in [-0.05, 0) is 62.5 Å². The zero-order chi connectivity index (χ0) is 19.6. The van der Waals surface area contributed by atoms with Crippen molar-refractivity contribution in [1.82, 2.24) is 14.9 Å². The molecule has 2 aliphatic heterocycles. The van der Waals surface area contributed by atoms with Crippen LogP contribution in [-0.4, -0.2) is 47.1 Å². The topological polar surface area (TPSA) is 36.6 Å². The van der Waals surface area contributed by atoms with Gasteiger partial charge in [-0.2, -0.15) is 0 Å². The normalized spacial score (nSPS) is 18.8. The number of fused-ring (bicyclic) bond motifs is 1. The van der Waals surface area contributed by atoms with Crippen LogP contribution in [0.5, 0.6) is 0 Å². The predicted molar refractivity (Wildman–Crippen MR) is 120 cm³/mol. The summed E-state index contributed by atoms with van der Waals surface area (Å²) < 4.78 is 0. The van der Waals surface area contributed by atoms with Crippen molar-refractivity contribution >= 4 is 32.5 Å². The first-order valence-electron chi connectivity index (χ1n) is 10.5. The summed E-state index contributed by atoms with van der Waals surface area (Å²) in [5.41, 5.74) is 3.50. The maximum Gasteiger partial charge on any atom is 0.187 e. The van der Waals surface area contributed by atoms with Gasteiger partial charge in [0.25, 0.3) is 0 Å². The van der Waals surface area contributed by atoms with Crippen molar-refractivity contribution in [3.63, 3.8) is 0 Å². The lowest BCUT2D eigenvalue weighted by Crippen LogP contribution is -2.46. The molecule has 3 aromatic rings. The van der Waals surface area contributed by atoms with E-state index in [9.17, 15) is 0 Å². The third kappa shape index (κ3) is 3.85. The van der Waals surface area contributed by atoms with Crippen LogP contribution in [0.1, 0.15) is 32.1 Å². The number of anilines is 1. The zero-order valence-electron chi connectivity index (χ0n) is 16.5. The van der Waals surface area contributed by atoms with Gasteiger partial charge in [-0.15, -0.1) is 0 Å². The molecule has 5 nitrogen and oxygen atoms in total. The quantitative estimate of drug-likeness (QED) is 0.551. The van der Waals surface area contributed by atoms with Gasteiger partial charge in [0.05, 0.1) is 12.3 Å². The maximum atomic E-state index is 7.22. The number of aromatic nitrogens is 2. The second kappa shape index (κ2) is 8.10. The van der Waals surface area contributed by atoms with E-state index in [1.54, 1.807) is 11.3 Å². The number of thiazole rings is 1. The summed E-state index contributed by atoms with van der Waals surface area (Å²) in [6, 6.07) is 12.5. The van der Waals surface area contributed by atoms with Crippen LogP contribution in [0, 0.1) is 6.57 Å². The standard InChI is InChI=1S/C23H25N5S/c1-24-18-7-5-6-17(16-18)20-8-9-21-22(25-20)29-23(26-21)28-14-10-19(11-15-28)27-12-3-2-4-13-27/h5-9,16,19H,2-4,10-15H2. The maximum absolute atomic E-state index is 7.22. The van der Waals surface area contributed by atoms with E-state index in [1.807, 2.05) is 30.3 Å². The van der Waals surface area contributed by atoms with Crippen LogP contribution in [0.3, 0.4) is 0 Å². The highest BCUT2D eigenvalue weighted by Gasteiger charge is 2.27. The molecule has 0 radical (unpaired) electrons. The zero-order valence-corrected chi connectivity index (χ0v) is 17.4. The number of rotatable bonds is 3. The van der Waals surface area contributed by atoms with Crippen LogP contribution in [-0.2, 0) is 0 Å². The molecule has 2 aliphatic rings. The smallest absolute Gasteiger partial charge is 0.187 e. The number of nitrogens with zero attached hydrogens (tertiary/aromatic N) is 5. The monoisotopic (exact) mass is 403 g/mol. The molecule has 0 saturated carbocycles. The van der Waals surface area contributed by atoms with E-state index < -0.39 is 0 Å². The Bertz CT molecular complexity index is 1040. The van der Waals surface area contributed by atoms with Crippen molar-refractivity contribution in [3.05, 3.63) is 47.8 Å². The number of benzene rings is 1. The third-order valence-electron chi connectivity index (χ3n) is 6.16. The van der Waals surface area contributed by atoms with Crippen molar-refractivity contribution in [3.8, 4) is 11.3 Å². The molecule has 5 rings (SSSR count). The molecule has 6 heteroatoms. The van der Waals surface area contributed by atoms with Crippen LogP contribution in [0.4, 0.5) is 10.8 Å². The van der Waals surface area contributed by atoms with Gasteiger partial charge in [0.15, 0.2) is 10.8 Å². The predicted octanol–water partition coefficient (Wildman–Crippen LogP) is 5.36. The van der Waals surface area contributed by atoms with E-state index in [2.05, 4.69) is 20.7 Å². The van der Waals surface area contributed by atoms with E-state index in [0.29, 0.717) is 5.69 Å². The van der Waals surface area contributed by atoms with Crippen molar-refractivity contribution in [2.24, 2.45) is 0 Å². The Morgan fingerprint density at radius 3 is 2.59 bits per heavy atom. The average molecular weight is 404 g/mol. The lowest BCUT2D eigenvalue weighted by molar-refractivity contribution is 0.141. The van der Waals surface area contributed by atoms with E-state index >= 15 is 0 Å². The Morgan fingerprint density at radius 2 is 1.79 bits per heavy atom. The molecule has 0 unspecified atom stereocenters. The number of piperidine rings is 2. The Morgan fingerprint density at radius 1 is 0.966 bits per heavy atom. The summed E-state index contributed by atoms with van der Waals surface area (Å²) in [5.74, 6) is 0. The molecule has 2 saturated heterocycles. The highest BCUT2D eigenvalue weighted by atomic mass is 32.1. The SMILES string of the molecule is [C-]#[N+]c1cccc(-c2ccc3nc(N4CCC(N5CCCCC5)CC4)sc3n2)c1. The van der Waals surface area contributed by atoms with Gasteiger partial charge in [-0.25, -0.2) is 14.8 Å². The Hall–Kier alpha value is -2.49. The molecular weight excluding hydrogens is 378 g/mol. The molecular formula is C23H25N5S. The van der Waals surface area contributed by atoms with E-state index in [4.69, 9.17) is 16.5 Å². The molecule has 148 valence electrons. The molecule has 0 amide bonds. The lowest BCUT2D eigenvalue weighted by atomic mass is 10.0. The fourth-order valence-corrected chi connectivity index (χ4v) is 5.53. The van der Waals surface area contributed by atoms with Gasteiger partial charge in [-0.3, -0.25) is 0 Å². The first-order valence-corrected chi connectivity index (χ1v) is 11.4. The fourth-order valence-electron chi connectivity index (χ4n) is 4.54. The molecule has 0 N–H and O–H groups in total. The Labute approximate surface area is 175 Å². The summed E-state index contributed by atoms with van der Waals surface area (Å²) in [5, 5.41) is 1.09. The van der Waals surface area contributed by atoms with Crippen molar-refractivity contribution in [1.29, 1.82) is 0 Å². The highest BCUT2D eigenvalue weighted by Crippen LogP contribution is 2.32. The molecule has 1 aromatic carbocycles. The van der Waals surface area contributed by atoms with Crippen LogP contribution >= 0.6 is 11.3 Å². The van der Waals surface area contributed by atoms with Crippen LogP contribution in [0.2, 0.25) is 0 Å². The average Bonchev–Trinajstić information content (AvgIpc) is 3.23. The van der Waals surface area contributed by atoms with Crippen molar-refractivity contribution < 1.29 is 0 Å². The second-order valence-corrected chi connectivity index (χ2v) is 8.95. The summed E-state index contributed by atoms with van der Waals surface area (Å²) in [6.07, 6.45) is 6.60. The fraction of sp³-hybridized carbons (Fsp3) is 0.435. The van der Waals surface area contributed by atoms with Crippen LogP contribution in [0.15, 0.2) is 36.4 Å². The van der Waals surface area contributed by atoms with Gasteiger partial charge in [0.1, 0.15) is 10.3 Å². The van der Waals surface area contributed by atoms with Gasteiger partial charge < -0.3 is 9.80 Å². The molecule has 0 bridgehead atoms. The second-order valence-electron chi connectivity index (χ2n) is 7.99. The molecule has 29 heavy (non-hydrogen) atoms. The first kappa shape index (κ1) is 18.5. The number of likely N-dealkylation sites (tertiary alicyclic amines) is 1. The summed E-state index contributed by atoms with van der Waals surface area (Å²) in [7, 11) is 0. The van der Waals surface area contributed by atoms with Crippen molar-refractivity contribution in [2.75, 3.05) is 31.1 Å². The molecule has 4 heterocycles. The lowest BCUT2D eigenvalue weighted by Gasteiger charge is -2.40. The van der Waals surface area contributed by atoms with E-state index in [-0.39, 0.29) is 0 Å². The highest BCUT2D eigenvalue weighted by molar-refractivity contribution is 7.21. The van der Waals surface area contributed by atoms with Crippen LogP contribution < -0.4 is 4.90 Å². The largest absolute Gasteiger partial charge is 0.348 e. The third-order valence-corrected chi connectivity index (χ3v) is 7.18. The molecule has 2 fully saturated rings. The Balaban J connectivity index is 1.32. The summed E-state index contributed by atoms with van der Waals surface area (Å²) >= 11 is 1.69. The molecule has 0 atom stereocenters. The van der Waals surface area contributed by atoms with E-state index in [0.717, 1.165) is 45.9 Å². The summed E-state index contributed by atoms with van der Waals surface area (Å²) in [4.78, 5) is 19.4. The number of hydrogen-bond donors (Lipinski definition) is 0. The van der Waals surface area contributed by atoms with Crippen LogP contribution in [0.25, 0.3) is 26.4 Å². The minimum absolute atomic E-state index is 0.644. The number of hydrogen-bond acceptors (Lipinski definition) is 5. The van der Waals surface area contributed by atoms with E-state index in [1.165, 1.54) is 45.2 Å². The molecule has 2 aromatic heterocycles. The van der Waals surface area contributed by atoms with Gasteiger partial charge in [-0.1, -0.05) is 36.0 Å². The van der Waals surface area contributed by atoms with Gasteiger partial charge in [0.2, 0.25) is 0 Å². The molecule has 0 aliphatic carbocycles. The van der Waals surface area contributed by atoms with Gasteiger partial charge in [0, 0.05) is 19.1 Å². The van der Waals surface area contributed by atoms with Crippen molar-refractivity contribution in [2.45, 2.75) is 38.1 Å².